The van der Waals surface area contributed by atoms with Crippen molar-refractivity contribution in [2.24, 2.45) is 5.41 Å². The van der Waals surface area contributed by atoms with Crippen LogP contribution in [0.4, 0.5) is 5.69 Å². The van der Waals surface area contributed by atoms with Gasteiger partial charge in [0, 0.05) is 0 Å². The third kappa shape index (κ3) is 1.79. The number of hydrogen-bond acceptors (Lipinski definition) is 7. The van der Waals surface area contributed by atoms with Crippen molar-refractivity contribution in [2.75, 3.05) is 12.3 Å². The van der Waals surface area contributed by atoms with E-state index < -0.39 is 23.7 Å². The summed E-state index contributed by atoms with van der Waals surface area (Å²) >= 11 is 0. The summed E-state index contributed by atoms with van der Waals surface area (Å²) in [6, 6.07) is 3.71. The van der Waals surface area contributed by atoms with Crippen molar-refractivity contribution in [1.82, 2.24) is 14.6 Å². The minimum Gasteiger partial charge on any atom is -0.396 e. The summed E-state index contributed by atoms with van der Waals surface area (Å²) < 4.78 is 7.15. The van der Waals surface area contributed by atoms with Crippen LogP contribution in [0.1, 0.15) is 18.7 Å². The van der Waals surface area contributed by atoms with Gasteiger partial charge in [-0.3, -0.25) is 0 Å². The Morgan fingerprint density at radius 3 is 3.05 bits per heavy atom. The quantitative estimate of drug-likeness (QED) is 0.688. The molecule has 1 fully saturated rings. The van der Waals surface area contributed by atoms with Crippen molar-refractivity contribution in [3.05, 3.63) is 24.2 Å². The lowest BCUT2D eigenvalue weighted by Gasteiger charge is -2.24. The molecule has 1 aliphatic heterocycles. The fourth-order valence-electron chi connectivity index (χ4n) is 2.69. The Morgan fingerprint density at radius 1 is 1.62 bits per heavy atom. The average Bonchev–Trinajstić information content (AvgIpc) is 3.01. The maximum absolute atomic E-state index is 10.2. The number of hydrogen-bond donors (Lipinski definition) is 3. The summed E-state index contributed by atoms with van der Waals surface area (Å²) in [5.74, 6) is 0. The number of imidazole rings is 1. The molecule has 0 bridgehead atoms. The molecular weight excluding hydrogens is 274 g/mol. The van der Waals surface area contributed by atoms with Gasteiger partial charge in [0.25, 0.3) is 0 Å². The molecule has 3 heterocycles. The van der Waals surface area contributed by atoms with E-state index in [0.717, 1.165) is 0 Å². The van der Waals surface area contributed by atoms with E-state index >= 15 is 0 Å². The second-order valence-corrected chi connectivity index (χ2v) is 5.28. The van der Waals surface area contributed by atoms with Gasteiger partial charge in [-0.25, -0.2) is 9.50 Å². The van der Waals surface area contributed by atoms with Crippen LogP contribution in [0.15, 0.2) is 18.5 Å². The number of nitrogen functional groups attached to an aromatic ring is 1. The molecule has 1 saturated heterocycles. The first-order valence-corrected chi connectivity index (χ1v) is 6.46. The van der Waals surface area contributed by atoms with Crippen LogP contribution < -0.4 is 5.73 Å². The molecule has 1 aliphatic rings. The van der Waals surface area contributed by atoms with Crippen LogP contribution in [0.3, 0.4) is 0 Å². The largest absolute Gasteiger partial charge is 0.396 e. The normalized spacial score (nSPS) is 32.4. The van der Waals surface area contributed by atoms with Crippen molar-refractivity contribution >= 4 is 11.3 Å². The Kier molecular flexibility index (Phi) is 3.06. The minimum atomic E-state index is -1.21. The number of ether oxygens (including phenoxy) is 1. The highest BCUT2D eigenvalue weighted by Gasteiger charge is 2.55. The molecule has 8 nitrogen and oxygen atoms in total. The van der Waals surface area contributed by atoms with E-state index in [1.165, 1.54) is 16.9 Å². The van der Waals surface area contributed by atoms with Gasteiger partial charge in [-0.05, 0) is 13.0 Å². The van der Waals surface area contributed by atoms with E-state index in [1.807, 2.05) is 0 Å². The maximum Gasteiger partial charge on any atom is 0.177 e. The molecule has 0 radical (unpaired) electrons. The summed E-state index contributed by atoms with van der Waals surface area (Å²) in [6.07, 6.45) is 0.340. The van der Waals surface area contributed by atoms with Crippen molar-refractivity contribution < 1.29 is 14.9 Å². The zero-order chi connectivity index (χ0) is 15.2. The first-order valence-electron chi connectivity index (χ1n) is 6.46. The van der Waals surface area contributed by atoms with Crippen LogP contribution in [0.25, 0.3) is 5.65 Å². The van der Waals surface area contributed by atoms with Crippen LogP contribution >= 0.6 is 0 Å². The van der Waals surface area contributed by atoms with Gasteiger partial charge in [0.1, 0.15) is 23.7 Å². The fraction of sp³-hybridized carbons (Fsp3) is 0.462. The van der Waals surface area contributed by atoms with Crippen molar-refractivity contribution in [3.63, 3.8) is 0 Å². The van der Waals surface area contributed by atoms with E-state index in [4.69, 9.17) is 10.5 Å². The Bertz CT molecular complexity index is 724. The number of aromatic nitrogens is 3. The van der Waals surface area contributed by atoms with E-state index in [9.17, 15) is 15.5 Å². The van der Waals surface area contributed by atoms with Crippen molar-refractivity contribution in [2.45, 2.75) is 25.2 Å². The monoisotopic (exact) mass is 289 g/mol. The first-order chi connectivity index (χ1) is 10.0. The van der Waals surface area contributed by atoms with Gasteiger partial charge < -0.3 is 20.7 Å². The molecule has 21 heavy (non-hydrogen) atoms. The van der Waals surface area contributed by atoms with Crippen molar-refractivity contribution in [3.8, 4) is 6.07 Å². The van der Waals surface area contributed by atoms with Gasteiger partial charge in [-0.2, -0.15) is 10.4 Å². The number of nitriles is 1. The summed E-state index contributed by atoms with van der Waals surface area (Å²) in [7, 11) is 0. The Morgan fingerprint density at radius 2 is 2.38 bits per heavy atom. The number of anilines is 1. The second kappa shape index (κ2) is 4.66. The molecule has 2 aromatic heterocycles. The number of aliphatic hydroxyl groups excluding tert-OH is 2. The standard InChI is InChI=1S/C13H15N5O3/c1-13(6-14)10(20)9(5-19)21-11(13)8-4-16-12-7(15)2-3-17-18(8)12/h2-4,9-11,19-20H,5,15H2,1H3/t9-,10-,11+,13-/m1/s1. The number of nitrogens with zero attached hydrogens (tertiary/aromatic N) is 4. The van der Waals surface area contributed by atoms with Crippen LogP contribution in [0.2, 0.25) is 0 Å². The first kappa shape index (κ1) is 13.8. The Hall–Kier alpha value is -2.21. The predicted molar refractivity (Wildman–Crippen MR) is 71.8 cm³/mol. The molecule has 0 aliphatic carbocycles. The number of nitrogens with two attached hydrogens (primary N) is 1. The molecule has 0 aromatic carbocycles. The SMILES string of the molecule is C[C@@]1(C#N)[C@H](O)[C@@H](CO)O[C@H]1c1cnc2c(N)ccnn12. The van der Waals surface area contributed by atoms with Crippen LogP contribution in [-0.4, -0.2) is 43.6 Å². The number of aliphatic hydroxyl groups is 2. The lowest BCUT2D eigenvalue weighted by molar-refractivity contribution is -0.0241. The molecule has 0 spiro atoms. The Labute approximate surface area is 120 Å². The van der Waals surface area contributed by atoms with E-state index in [1.54, 1.807) is 13.0 Å². The molecule has 8 heteroatoms. The number of fused-ring (bicyclic) bond motifs is 1. The van der Waals surface area contributed by atoms with Gasteiger partial charge >= 0.3 is 0 Å². The molecule has 2 aromatic rings. The molecule has 110 valence electrons. The number of rotatable bonds is 2. The van der Waals surface area contributed by atoms with Gasteiger partial charge in [0.05, 0.1) is 36.5 Å². The highest BCUT2D eigenvalue weighted by molar-refractivity contribution is 5.63. The smallest absolute Gasteiger partial charge is 0.177 e. The minimum absolute atomic E-state index is 0.374. The molecular formula is C13H15N5O3. The molecule has 4 atom stereocenters. The van der Waals surface area contributed by atoms with Crippen LogP contribution in [-0.2, 0) is 4.74 Å². The molecule has 0 saturated carbocycles. The van der Waals surface area contributed by atoms with E-state index in [2.05, 4.69) is 16.2 Å². The molecule has 0 unspecified atom stereocenters. The van der Waals surface area contributed by atoms with Crippen LogP contribution in [0.5, 0.6) is 0 Å². The van der Waals surface area contributed by atoms with Gasteiger partial charge in [0.2, 0.25) is 0 Å². The second-order valence-electron chi connectivity index (χ2n) is 5.28. The zero-order valence-electron chi connectivity index (χ0n) is 11.3. The molecule has 4 N–H and O–H groups in total. The third-order valence-electron chi connectivity index (χ3n) is 3.97. The summed E-state index contributed by atoms with van der Waals surface area (Å²) in [6.45, 7) is 1.21. The highest BCUT2D eigenvalue weighted by Crippen LogP contribution is 2.47. The molecule has 0 amide bonds. The topological polar surface area (TPSA) is 130 Å². The lowest BCUT2D eigenvalue weighted by atomic mass is 9.80. The third-order valence-corrected chi connectivity index (χ3v) is 3.97. The Balaban J connectivity index is 2.14. The van der Waals surface area contributed by atoms with Gasteiger partial charge in [-0.15, -0.1) is 0 Å². The van der Waals surface area contributed by atoms with Gasteiger partial charge in [0.15, 0.2) is 5.65 Å². The fourth-order valence-corrected chi connectivity index (χ4v) is 2.69. The average molecular weight is 289 g/mol. The highest BCUT2D eigenvalue weighted by atomic mass is 16.5. The summed E-state index contributed by atoms with van der Waals surface area (Å²) in [4.78, 5) is 4.18. The summed E-state index contributed by atoms with van der Waals surface area (Å²) in [5, 5.41) is 33.1. The van der Waals surface area contributed by atoms with Crippen LogP contribution in [0, 0.1) is 16.7 Å². The summed E-state index contributed by atoms with van der Waals surface area (Å²) in [5.41, 5.74) is 6.04. The van der Waals surface area contributed by atoms with Gasteiger partial charge in [-0.1, -0.05) is 0 Å². The predicted octanol–water partition coefficient (Wildman–Crippen LogP) is -0.366. The maximum atomic E-state index is 10.2. The lowest BCUT2D eigenvalue weighted by Crippen LogP contribution is -2.36. The van der Waals surface area contributed by atoms with E-state index in [0.29, 0.717) is 17.0 Å². The van der Waals surface area contributed by atoms with Crippen molar-refractivity contribution in [1.29, 1.82) is 5.26 Å². The molecule has 3 rings (SSSR count). The zero-order valence-corrected chi connectivity index (χ0v) is 11.3. The van der Waals surface area contributed by atoms with E-state index in [-0.39, 0.29) is 6.61 Å².